The summed E-state index contributed by atoms with van der Waals surface area (Å²) >= 11 is 0. The molecule has 104 valence electrons. The van der Waals surface area contributed by atoms with E-state index in [0.717, 1.165) is 5.56 Å². The molecule has 4 nitrogen and oxygen atoms in total. The van der Waals surface area contributed by atoms with Crippen molar-refractivity contribution in [3.63, 3.8) is 0 Å². The average molecular weight is 275 g/mol. The summed E-state index contributed by atoms with van der Waals surface area (Å²) < 4.78 is 23.0. The number of nitrogen functional groups attached to an aromatic ring is 1. The predicted octanol–water partition coefficient (Wildman–Crippen LogP) is 2.92. The molecule has 5 heteroatoms. The molecule has 0 aliphatic carbocycles. The lowest BCUT2D eigenvalue weighted by molar-refractivity contribution is -0.139. The number of hydrogen-bond donors (Lipinski definition) is 1. The van der Waals surface area contributed by atoms with Gasteiger partial charge in [-0.15, -0.1) is 0 Å². The molecule has 20 heavy (non-hydrogen) atoms. The van der Waals surface area contributed by atoms with Gasteiger partial charge in [0, 0.05) is 6.07 Å². The number of hydrogen-bond acceptors (Lipinski definition) is 4. The number of halogens is 1. The molecule has 0 unspecified atom stereocenters. The third-order valence-corrected chi connectivity index (χ3v) is 2.70. The van der Waals surface area contributed by atoms with Crippen molar-refractivity contribution in [2.24, 2.45) is 0 Å². The first-order chi connectivity index (χ1) is 9.58. The molecule has 0 bridgehead atoms. The summed E-state index contributed by atoms with van der Waals surface area (Å²) in [6.07, 6.45) is 0.204. The zero-order valence-corrected chi connectivity index (χ0v) is 10.9. The molecule has 0 radical (unpaired) electrons. The fourth-order valence-corrected chi connectivity index (χ4v) is 1.65. The summed E-state index contributed by atoms with van der Waals surface area (Å²) in [5, 5.41) is 0. The minimum atomic E-state index is -0.414. The summed E-state index contributed by atoms with van der Waals surface area (Å²) in [7, 11) is 1.34. The molecule has 0 fully saturated rings. The highest BCUT2D eigenvalue weighted by Crippen LogP contribution is 2.28. The first-order valence-corrected chi connectivity index (χ1v) is 5.97. The zero-order chi connectivity index (χ0) is 14.5. The maximum Gasteiger partial charge on any atom is 0.309 e. The van der Waals surface area contributed by atoms with Crippen LogP contribution in [0.5, 0.6) is 11.5 Å². The SMILES string of the molecule is COC(=O)Cc1ccc(Oc2ccc(F)cc2N)cc1. The molecule has 2 rings (SSSR count). The van der Waals surface area contributed by atoms with Gasteiger partial charge in [0.2, 0.25) is 0 Å². The number of benzene rings is 2. The third kappa shape index (κ3) is 3.47. The van der Waals surface area contributed by atoms with Gasteiger partial charge in [0.05, 0.1) is 19.2 Å². The number of rotatable bonds is 4. The van der Waals surface area contributed by atoms with E-state index in [1.807, 2.05) is 0 Å². The Morgan fingerprint density at radius 3 is 2.50 bits per heavy atom. The van der Waals surface area contributed by atoms with E-state index in [4.69, 9.17) is 10.5 Å². The Morgan fingerprint density at radius 1 is 1.20 bits per heavy atom. The summed E-state index contributed by atoms with van der Waals surface area (Å²) in [6.45, 7) is 0. The predicted molar refractivity (Wildman–Crippen MR) is 73.0 cm³/mol. The zero-order valence-electron chi connectivity index (χ0n) is 10.9. The second-order valence-corrected chi connectivity index (χ2v) is 4.18. The number of nitrogens with two attached hydrogens (primary N) is 1. The van der Waals surface area contributed by atoms with E-state index in [1.165, 1.54) is 25.3 Å². The lowest BCUT2D eigenvalue weighted by Gasteiger charge is -2.09. The number of carbonyl (C=O) groups excluding carboxylic acids is 1. The van der Waals surface area contributed by atoms with E-state index < -0.39 is 5.82 Å². The summed E-state index contributed by atoms with van der Waals surface area (Å²) in [6, 6.07) is 10.9. The van der Waals surface area contributed by atoms with Crippen LogP contribution in [0.1, 0.15) is 5.56 Å². The van der Waals surface area contributed by atoms with Gasteiger partial charge in [-0.3, -0.25) is 4.79 Å². The van der Waals surface area contributed by atoms with Gasteiger partial charge < -0.3 is 15.2 Å². The van der Waals surface area contributed by atoms with Gasteiger partial charge in [0.1, 0.15) is 11.6 Å². The van der Waals surface area contributed by atoms with Gasteiger partial charge >= 0.3 is 5.97 Å². The molecule has 2 aromatic carbocycles. The van der Waals surface area contributed by atoms with Crippen molar-refractivity contribution in [3.05, 3.63) is 53.8 Å². The van der Waals surface area contributed by atoms with Gasteiger partial charge in [0.25, 0.3) is 0 Å². The Balaban J connectivity index is 2.08. The number of esters is 1. The van der Waals surface area contributed by atoms with Crippen LogP contribution in [0.2, 0.25) is 0 Å². The van der Waals surface area contributed by atoms with Crippen molar-refractivity contribution in [1.82, 2.24) is 0 Å². The van der Waals surface area contributed by atoms with E-state index in [9.17, 15) is 9.18 Å². The van der Waals surface area contributed by atoms with Crippen molar-refractivity contribution in [3.8, 4) is 11.5 Å². The summed E-state index contributed by atoms with van der Waals surface area (Å²) in [4.78, 5) is 11.1. The molecule has 0 saturated heterocycles. The minimum absolute atomic E-state index is 0.204. The van der Waals surface area contributed by atoms with Gasteiger partial charge in [-0.2, -0.15) is 0 Å². The van der Waals surface area contributed by atoms with Crippen LogP contribution in [-0.4, -0.2) is 13.1 Å². The van der Waals surface area contributed by atoms with Crippen LogP contribution in [-0.2, 0) is 16.0 Å². The molecular weight excluding hydrogens is 261 g/mol. The lowest BCUT2D eigenvalue weighted by atomic mass is 10.1. The van der Waals surface area contributed by atoms with Gasteiger partial charge in [0.15, 0.2) is 5.75 Å². The smallest absolute Gasteiger partial charge is 0.309 e. The van der Waals surface area contributed by atoms with Crippen LogP contribution >= 0.6 is 0 Å². The van der Waals surface area contributed by atoms with Crippen molar-refractivity contribution < 1.29 is 18.7 Å². The molecule has 0 heterocycles. The van der Waals surface area contributed by atoms with E-state index in [0.29, 0.717) is 11.5 Å². The van der Waals surface area contributed by atoms with Crippen LogP contribution < -0.4 is 10.5 Å². The molecule has 0 spiro atoms. The van der Waals surface area contributed by atoms with Gasteiger partial charge in [-0.05, 0) is 29.8 Å². The highest BCUT2D eigenvalue weighted by molar-refractivity contribution is 5.72. The molecule has 0 amide bonds. The third-order valence-electron chi connectivity index (χ3n) is 2.70. The average Bonchev–Trinajstić information content (AvgIpc) is 2.44. The number of anilines is 1. The van der Waals surface area contributed by atoms with Crippen LogP contribution in [0.4, 0.5) is 10.1 Å². The normalized spacial score (nSPS) is 10.1. The molecule has 0 saturated carbocycles. The van der Waals surface area contributed by atoms with Crippen molar-refractivity contribution in [2.75, 3.05) is 12.8 Å². The van der Waals surface area contributed by atoms with Crippen molar-refractivity contribution >= 4 is 11.7 Å². The number of methoxy groups -OCH3 is 1. The van der Waals surface area contributed by atoms with Crippen molar-refractivity contribution in [1.29, 1.82) is 0 Å². The van der Waals surface area contributed by atoms with Crippen LogP contribution in [0.15, 0.2) is 42.5 Å². The summed E-state index contributed by atoms with van der Waals surface area (Å²) in [5.41, 5.74) is 6.70. The van der Waals surface area contributed by atoms with Gasteiger partial charge in [-0.1, -0.05) is 12.1 Å². The fraction of sp³-hybridized carbons (Fsp3) is 0.133. The highest BCUT2D eigenvalue weighted by atomic mass is 19.1. The summed E-state index contributed by atoms with van der Waals surface area (Å²) in [5.74, 6) is 0.216. The van der Waals surface area contributed by atoms with E-state index in [-0.39, 0.29) is 18.1 Å². The van der Waals surface area contributed by atoms with Crippen LogP contribution in [0.25, 0.3) is 0 Å². The standard InChI is InChI=1S/C15H14FNO3/c1-19-15(18)8-10-2-5-12(6-3-10)20-14-7-4-11(16)9-13(14)17/h2-7,9H,8,17H2,1H3. The molecule has 0 aromatic heterocycles. The molecule has 0 aliphatic rings. The lowest BCUT2D eigenvalue weighted by Crippen LogP contribution is -2.04. The largest absolute Gasteiger partial charge is 0.469 e. The van der Waals surface area contributed by atoms with Crippen LogP contribution in [0, 0.1) is 5.82 Å². The maximum absolute atomic E-state index is 12.9. The minimum Gasteiger partial charge on any atom is -0.469 e. The molecule has 0 atom stereocenters. The Bertz CT molecular complexity index is 611. The Kier molecular flexibility index (Phi) is 4.20. The first kappa shape index (κ1) is 13.9. The second kappa shape index (κ2) is 6.06. The Morgan fingerprint density at radius 2 is 1.90 bits per heavy atom. The molecule has 2 N–H and O–H groups in total. The highest BCUT2D eigenvalue weighted by Gasteiger charge is 2.05. The maximum atomic E-state index is 12.9. The quantitative estimate of drug-likeness (QED) is 0.688. The van der Waals surface area contributed by atoms with E-state index in [2.05, 4.69) is 4.74 Å². The fourth-order valence-electron chi connectivity index (χ4n) is 1.65. The number of ether oxygens (including phenoxy) is 2. The second-order valence-electron chi connectivity index (χ2n) is 4.18. The van der Waals surface area contributed by atoms with Crippen molar-refractivity contribution in [2.45, 2.75) is 6.42 Å². The van der Waals surface area contributed by atoms with E-state index >= 15 is 0 Å². The molecular formula is C15H14FNO3. The number of carbonyl (C=O) groups is 1. The van der Waals surface area contributed by atoms with E-state index in [1.54, 1.807) is 24.3 Å². The first-order valence-electron chi connectivity index (χ1n) is 5.97. The molecule has 0 aliphatic heterocycles. The Hall–Kier alpha value is -2.56. The molecule has 2 aromatic rings. The monoisotopic (exact) mass is 275 g/mol. The topological polar surface area (TPSA) is 61.5 Å². The van der Waals surface area contributed by atoms with Crippen LogP contribution in [0.3, 0.4) is 0 Å². The Labute approximate surface area is 115 Å². The van der Waals surface area contributed by atoms with Gasteiger partial charge in [-0.25, -0.2) is 4.39 Å².